The molecule has 2 fully saturated rings. The first-order valence-corrected chi connectivity index (χ1v) is 15.0. The third kappa shape index (κ3) is 8.50. The number of carbonyl (C=O) groups excluding carboxylic acids is 1. The summed E-state index contributed by atoms with van der Waals surface area (Å²) in [5, 5.41) is 32.4. The van der Waals surface area contributed by atoms with Gasteiger partial charge in [0.25, 0.3) is 0 Å². The zero-order valence-corrected chi connectivity index (χ0v) is 26.1. The first kappa shape index (κ1) is 35.7. The number of fused-ring (bicyclic) bond motifs is 4. The number of likely N-dealkylation sites (tertiary alicyclic amines) is 1. The second-order valence-electron chi connectivity index (χ2n) is 11.7. The number of hydrogen-bond donors (Lipinski definition) is 4. The lowest BCUT2D eigenvalue weighted by Gasteiger charge is -2.44. The number of phenols is 2. The van der Waals surface area contributed by atoms with Gasteiger partial charge in [-0.25, -0.2) is 0 Å². The largest absolute Gasteiger partial charge is 0.504 e. The van der Waals surface area contributed by atoms with E-state index in [1.54, 1.807) is 20.3 Å². The van der Waals surface area contributed by atoms with Crippen molar-refractivity contribution in [2.45, 2.75) is 69.6 Å². The van der Waals surface area contributed by atoms with Crippen molar-refractivity contribution in [3.63, 3.8) is 0 Å². The predicted molar refractivity (Wildman–Crippen MR) is 163 cm³/mol. The molecule has 8 nitrogen and oxygen atoms in total. The molecule has 12 heteroatoms. The maximum Gasteiger partial charge on any atom is 0.446 e. The van der Waals surface area contributed by atoms with E-state index in [2.05, 4.69) is 16.3 Å². The van der Waals surface area contributed by atoms with E-state index in [0.29, 0.717) is 18.0 Å². The lowest BCUT2D eigenvalue weighted by Crippen LogP contribution is -2.50. The van der Waals surface area contributed by atoms with Gasteiger partial charge >= 0.3 is 6.18 Å². The van der Waals surface area contributed by atoms with Gasteiger partial charge in [0.15, 0.2) is 23.0 Å². The summed E-state index contributed by atoms with van der Waals surface area (Å²) in [7, 11) is 3.45. The predicted octanol–water partition coefficient (Wildman–Crippen LogP) is 4.61. The summed E-state index contributed by atoms with van der Waals surface area (Å²) < 4.78 is 42.2. The molecule has 2 aromatic carbocycles. The van der Waals surface area contributed by atoms with E-state index in [1.165, 1.54) is 36.9 Å². The number of aliphatic hydroxyl groups excluding tert-OH is 1. The van der Waals surface area contributed by atoms with E-state index in [-0.39, 0.29) is 30.5 Å². The molecular formula is C32H44ClF3N2O6. The third-order valence-electron chi connectivity index (χ3n) is 9.19. The molecule has 0 bridgehead atoms. The minimum absolute atomic E-state index is 0. The molecule has 2 aliphatic carbocycles. The quantitative estimate of drug-likeness (QED) is 0.282. The van der Waals surface area contributed by atoms with E-state index in [0.717, 1.165) is 73.7 Å². The fourth-order valence-corrected chi connectivity index (χ4v) is 7.17. The van der Waals surface area contributed by atoms with Crippen LogP contribution in [0.1, 0.15) is 47.9 Å². The lowest BCUT2D eigenvalue weighted by atomic mass is 9.75. The third-order valence-corrected chi connectivity index (χ3v) is 9.19. The number of aromatic hydroxyl groups is 2. The summed E-state index contributed by atoms with van der Waals surface area (Å²) in [5.74, 6) is 3.14. The van der Waals surface area contributed by atoms with Crippen LogP contribution in [0.2, 0.25) is 0 Å². The highest BCUT2D eigenvalue weighted by atomic mass is 35.5. The van der Waals surface area contributed by atoms with Gasteiger partial charge in [0.2, 0.25) is 6.29 Å². The Morgan fingerprint density at radius 3 is 2.27 bits per heavy atom. The molecule has 2 aliphatic heterocycles. The number of alkyl halides is 3. The number of hydrogen-bond acceptors (Lipinski definition) is 8. The van der Waals surface area contributed by atoms with Crippen molar-refractivity contribution in [2.75, 3.05) is 40.5 Å². The highest BCUT2D eigenvalue weighted by Crippen LogP contribution is 2.42. The van der Waals surface area contributed by atoms with Crippen molar-refractivity contribution in [1.82, 2.24) is 10.2 Å². The molecule has 44 heavy (non-hydrogen) atoms. The standard InChI is InChI=1S/C15H21NO3.C15H21NO2.C2HF3O.ClH/c17-7-6-16-5-1-2-11-8-12-10(9-13(11)16)3-4-14(18)15(12)19;1-17-14-6-5-10-9-13-11(4-3-7-16-13)8-12(10)15(14)18-2;3-2(4,5)1-6;/h3-4,11,13,17-19H,1-2,5-9H2;5-6,11,13,16H,3-4,7-9H2,1-2H3;1H;1H/t2*11-,13-;;/m11../s1. The van der Waals surface area contributed by atoms with Crippen molar-refractivity contribution in [2.24, 2.45) is 11.8 Å². The minimum atomic E-state index is -4.64. The topological polar surface area (TPSA) is 111 Å². The Labute approximate surface area is 263 Å². The molecule has 0 spiro atoms. The van der Waals surface area contributed by atoms with Crippen LogP contribution in [0.4, 0.5) is 13.2 Å². The maximum absolute atomic E-state index is 10.4. The molecule has 6 rings (SSSR count). The smallest absolute Gasteiger partial charge is 0.446 e. The van der Waals surface area contributed by atoms with Crippen LogP contribution < -0.4 is 14.8 Å². The first-order chi connectivity index (χ1) is 20.6. The van der Waals surface area contributed by atoms with Crippen LogP contribution in [0.3, 0.4) is 0 Å². The summed E-state index contributed by atoms with van der Waals surface area (Å²) in [6.07, 6.45) is 3.23. The van der Waals surface area contributed by atoms with Gasteiger partial charge in [0.05, 0.1) is 20.8 Å². The summed E-state index contributed by atoms with van der Waals surface area (Å²) in [6.45, 7) is 3.17. The Kier molecular flexibility index (Phi) is 13.0. The van der Waals surface area contributed by atoms with E-state index >= 15 is 0 Å². The molecule has 0 aromatic heterocycles. The number of phenolic OH excluding ortho intramolecular Hbond substituents is 2. The van der Waals surface area contributed by atoms with E-state index in [4.69, 9.17) is 19.4 Å². The van der Waals surface area contributed by atoms with Crippen LogP contribution in [0, 0.1) is 11.8 Å². The van der Waals surface area contributed by atoms with Crippen LogP contribution in [-0.2, 0) is 30.5 Å². The Morgan fingerprint density at radius 1 is 0.955 bits per heavy atom. The second kappa shape index (κ2) is 16.0. The van der Waals surface area contributed by atoms with Crippen molar-refractivity contribution in [3.05, 3.63) is 46.5 Å². The molecule has 2 saturated heterocycles. The zero-order valence-electron chi connectivity index (χ0n) is 25.2. The number of piperidine rings is 2. The SMILES string of the molecule is COc1ccc2c(c1OC)C[C@H]1CCCN[C@@H]1C2.Cl.O=CC(F)(F)F.OCCN1CCC[C@@H]2Cc3c(ccc(O)c3O)C[C@H]21. The fourth-order valence-electron chi connectivity index (χ4n) is 7.17. The number of rotatable bonds is 4. The molecule has 246 valence electrons. The molecule has 0 radical (unpaired) electrons. The normalized spacial score (nSPS) is 23.8. The number of methoxy groups -OCH3 is 2. The average molecular weight is 645 g/mol. The van der Waals surface area contributed by atoms with Crippen molar-refractivity contribution >= 4 is 18.7 Å². The Hall–Kier alpha value is -2.73. The number of halogens is 4. The van der Waals surface area contributed by atoms with Crippen LogP contribution in [-0.4, -0.2) is 85.2 Å². The molecule has 4 aliphatic rings. The highest BCUT2D eigenvalue weighted by Gasteiger charge is 2.36. The number of aliphatic hydroxyl groups is 1. The number of nitrogens with one attached hydrogen (secondary N) is 1. The van der Waals surface area contributed by atoms with Crippen molar-refractivity contribution in [3.8, 4) is 23.0 Å². The van der Waals surface area contributed by atoms with E-state index in [1.807, 2.05) is 12.1 Å². The fraction of sp³-hybridized carbons (Fsp3) is 0.594. The van der Waals surface area contributed by atoms with Gasteiger partial charge in [0.1, 0.15) is 0 Å². The summed E-state index contributed by atoms with van der Waals surface area (Å²) >= 11 is 0. The van der Waals surface area contributed by atoms with Gasteiger partial charge in [-0.1, -0.05) is 12.1 Å². The number of carbonyl (C=O) groups is 1. The zero-order chi connectivity index (χ0) is 31.1. The number of β-amino-alcohol motifs (C(OH)–C–C–N with tert-alkyl or cyclic N) is 1. The molecule has 2 heterocycles. The Morgan fingerprint density at radius 2 is 1.61 bits per heavy atom. The molecule has 2 aromatic rings. The van der Waals surface area contributed by atoms with Crippen molar-refractivity contribution < 1.29 is 42.8 Å². The van der Waals surface area contributed by atoms with Gasteiger partial charge < -0.3 is 30.1 Å². The second-order valence-corrected chi connectivity index (χ2v) is 11.7. The monoisotopic (exact) mass is 644 g/mol. The molecule has 4 N–H and O–H groups in total. The van der Waals surface area contributed by atoms with Crippen LogP contribution in [0.15, 0.2) is 24.3 Å². The van der Waals surface area contributed by atoms with Gasteiger partial charge in [-0.05, 0) is 99.6 Å². The summed E-state index contributed by atoms with van der Waals surface area (Å²) in [4.78, 5) is 11.1. The van der Waals surface area contributed by atoms with E-state index < -0.39 is 12.5 Å². The highest BCUT2D eigenvalue weighted by molar-refractivity contribution is 5.85. The Bertz CT molecular complexity index is 1250. The molecule has 0 amide bonds. The van der Waals surface area contributed by atoms with E-state index in [9.17, 15) is 23.4 Å². The average Bonchev–Trinajstić information content (AvgIpc) is 3.01. The van der Waals surface area contributed by atoms with Gasteiger partial charge in [-0.15, -0.1) is 12.4 Å². The van der Waals surface area contributed by atoms with Crippen molar-refractivity contribution in [1.29, 1.82) is 0 Å². The van der Waals surface area contributed by atoms with Crippen LogP contribution in [0.25, 0.3) is 0 Å². The first-order valence-electron chi connectivity index (χ1n) is 15.0. The molecule has 0 unspecified atom stereocenters. The molecular weight excluding hydrogens is 601 g/mol. The van der Waals surface area contributed by atoms with Crippen LogP contribution >= 0.6 is 12.4 Å². The van der Waals surface area contributed by atoms with Gasteiger partial charge in [-0.3, -0.25) is 9.69 Å². The van der Waals surface area contributed by atoms with Gasteiger partial charge in [0, 0.05) is 29.8 Å². The molecule has 0 saturated carbocycles. The number of aldehydes is 1. The lowest BCUT2D eigenvalue weighted by molar-refractivity contribution is -0.156. The number of nitrogens with zero attached hydrogens (tertiary/aromatic N) is 1. The minimum Gasteiger partial charge on any atom is -0.504 e. The van der Waals surface area contributed by atoms with Crippen LogP contribution in [0.5, 0.6) is 23.0 Å². The summed E-state index contributed by atoms with van der Waals surface area (Å²) in [5.41, 5.74) is 4.85. The molecule has 4 atom stereocenters. The summed E-state index contributed by atoms with van der Waals surface area (Å²) in [6, 6.07) is 8.85. The maximum atomic E-state index is 10.4. The Balaban J connectivity index is 0.000000200. The van der Waals surface area contributed by atoms with Gasteiger partial charge in [-0.2, -0.15) is 13.2 Å². The number of ether oxygens (including phenoxy) is 2. The number of benzene rings is 2.